The molecular weight excluding hydrogens is 609 g/mol. The summed E-state index contributed by atoms with van der Waals surface area (Å²) in [5.74, 6) is 0.447. The van der Waals surface area contributed by atoms with E-state index < -0.39 is 0 Å². The van der Waals surface area contributed by atoms with Crippen molar-refractivity contribution in [1.82, 2.24) is 9.80 Å². The second kappa shape index (κ2) is 34.3. The molecule has 8 heteroatoms. The molecule has 0 fully saturated rings. The highest BCUT2D eigenvalue weighted by molar-refractivity contribution is 8.13. The summed E-state index contributed by atoms with van der Waals surface area (Å²) < 4.78 is 11.3. The van der Waals surface area contributed by atoms with Gasteiger partial charge in [0, 0.05) is 38.2 Å². The lowest BCUT2D eigenvalue weighted by molar-refractivity contribution is -0.150. The first kappa shape index (κ1) is 45.5. The van der Waals surface area contributed by atoms with Crippen LogP contribution in [0.1, 0.15) is 168 Å². The van der Waals surface area contributed by atoms with E-state index in [-0.39, 0.29) is 23.3 Å². The third kappa shape index (κ3) is 31.5. The number of carbonyl (C=O) groups is 3. The average molecular weight is 683 g/mol. The van der Waals surface area contributed by atoms with E-state index in [9.17, 15) is 14.4 Å². The van der Waals surface area contributed by atoms with Gasteiger partial charge < -0.3 is 19.3 Å². The molecule has 0 bridgehead atoms. The molecule has 47 heavy (non-hydrogen) atoms. The molecule has 0 aliphatic carbocycles. The SMILES string of the molecule is CCCCCC/C=C\COC(=O)CCCCCN(CCCC(=O)OC(CCCCCCC)CCCCCCC)C(=O)SCCN(C)C. The Morgan fingerprint density at radius 3 is 1.79 bits per heavy atom. The third-order valence-electron chi connectivity index (χ3n) is 8.43. The minimum atomic E-state index is -0.161. The molecule has 0 aromatic rings. The molecule has 0 saturated carbocycles. The summed E-state index contributed by atoms with van der Waals surface area (Å²) in [5, 5.41) is 0.0677. The number of ether oxygens (including phenoxy) is 2. The van der Waals surface area contributed by atoms with Crippen LogP contribution in [0.5, 0.6) is 0 Å². The van der Waals surface area contributed by atoms with Crippen molar-refractivity contribution < 1.29 is 23.9 Å². The van der Waals surface area contributed by atoms with Gasteiger partial charge in [0.05, 0.1) is 0 Å². The first-order valence-corrected chi connectivity index (χ1v) is 20.4. The Labute approximate surface area is 294 Å². The van der Waals surface area contributed by atoms with Gasteiger partial charge in [-0.3, -0.25) is 14.4 Å². The fraction of sp³-hybridized carbons (Fsp3) is 0.872. The zero-order valence-electron chi connectivity index (χ0n) is 31.4. The number of esters is 2. The van der Waals surface area contributed by atoms with Crippen LogP contribution in [0.2, 0.25) is 0 Å². The normalized spacial score (nSPS) is 11.6. The highest BCUT2D eigenvalue weighted by Gasteiger charge is 2.17. The maximum absolute atomic E-state index is 13.1. The fourth-order valence-corrected chi connectivity index (χ4v) is 6.41. The molecule has 1 amide bonds. The molecule has 0 N–H and O–H groups in total. The van der Waals surface area contributed by atoms with Gasteiger partial charge in [-0.25, -0.2) is 0 Å². The molecule has 0 aliphatic rings. The van der Waals surface area contributed by atoms with Gasteiger partial charge >= 0.3 is 11.9 Å². The average Bonchev–Trinajstić information content (AvgIpc) is 3.04. The number of unbranched alkanes of at least 4 members (excludes halogenated alkanes) is 14. The zero-order chi connectivity index (χ0) is 34.8. The molecule has 0 aromatic heterocycles. The molecular formula is C39H74N2O5S. The van der Waals surface area contributed by atoms with Gasteiger partial charge in [0.2, 0.25) is 0 Å². The van der Waals surface area contributed by atoms with Crippen molar-refractivity contribution in [2.75, 3.05) is 46.1 Å². The van der Waals surface area contributed by atoms with E-state index >= 15 is 0 Å². The Bertz CT molecular complexity index is 762. The van der Waals surface area contributed by atoms with Crippen LogP contribution in [0.25, 0.3) is 0 Å². The van der Waals surface area contributed by atoms with Crippen molar-refractivity contribution in [3.8, 4) is 0 Å². The van der Waals surface area contributed by atoms with Gasteiger partial charge in [-0.1, -0.05) is 122 Å². The number of thioether (sulfide) groups is 1. The summed E-state index contributed by atoms with van der Waals surface area (Å²) >= 11 is 1.35. The molecule has 0 aliphatic heterocycles. The fourth-order valence-electron chi connectivity index (χ4n) is 5.41. The van der Waals surface area contributed by atoms with Gasteiger partial charge in [-0.2, -0.15) is 0 Å². The van der Waals surface area contributed by atoms with Crippen LogP contribution in [-0.4, -0.2) is 79.2 Å². The van der Waals surface area contributed by atoms with Crippen LogP contribution >= 0.6 is 11.8 Å². The lowest BCUT2D eigenvalue weighted by Gasteiger charge is -2.23. The van der Waals surface area contributed by atoms with Crippen LogP contribution in [0.15, 0.2) is 12.2 Å². The van der Waals surface area contributed by atoms with E-state index in [0.29, 0.717) is 39.0 Å². The molecule has 0 heterocycles. The quantitative estimate of drug-likeness (QED) is 0.0387. The zero-order valence-corrected chi connectivity index (χ0v) is 32.2. The number of carbonyl (C=O) groups excluding carboxylic acids is 3. The summed E-state index contributed by atoms with van der Waals surface area (Å²) in [5.41, 5.74) is 0. The van der Waals surface area contributed by atoms with Gasteiger partial charge in [0.1, 0.15) is 12.7 Å². The largest absolute Gasteiger partial charge is 0.462 e. The Morgan fingerprint density at radius 1 is 0.617 bits per heavy atom. The summed E-state index contributed by atoms with van der Waals surface area (Å²) in [4.78, 5) is 42.0. The second-order valence-electron chi connectivity index (χ2n) is 13.3. The van der Waals surface area contributed by atoms with E-state index in [1.807, 2.05) is 25.1 Å². The van der Waals surface area contributed by atoms with Crippen LogP contribution in [0, 0.1) is 0 Å². The number of hydrogen-bond acceptors (Lipinski definition) is 7. The Balaban J connectivity index is 4.63. The highest BCUT2D eigenvalue weighted by atomic mass is 32.2. The van der Waals surface area contributed by atoms with Crippen LogP contribution < -0.4 is 0 Å². The van der Waals surface area contributed by atoms with Crippen molar-refractivity contribution in [3.05, 3.63) is 12.2 Å². The van der Waals surface area contributed by atoms with Crippen molar-refractivity contribution in [1.29, 1.82) is 0 Å². The molecule has 0 spiro atoms. The van der Waals surface area contributed by atoms with Crippen LogP contribution in [-0.2, 0) is 19.1 Å². The summed E-state index contributed by atoms with van der Waals surface area (Å²) in [6.07, 6.45) is 27.9. The number of rotatable bonds is 33. The van der Waals surface area contributed by atoms with Gasteiger partial charge in [0.15, 0.2) is 0 Å². The number of amides is 1. The molecule has 0 saturated heterocycles. The Hall–Kier alpha value is -1.54. The molecule has 0 unspecified atom stereocenters. The first-order chi connectivity index (χ1) is 22.8. The smallest absolute Gasteiger partial charge is 0.306 e. The standard InChI is InChI=1S/C39H74N2O5S/c1-6-9-12-15-16-19-25-34-45-37(42)29-23-20-24-31-41(39(44)47-35-33-40(4)5)32-26-30-38(43)46-36(27-21-17-13-10-7-2)28-22-18-14-11-8-3/h19,25,36H,6-18,20-24,26-35H2,1-5H3/b25-19-. The number of allylic oxidation sites excluding steroid dienone is 1. The second-order valence-corrected chi connectivity index (χ2v) is 14.4. The molecule has 0 radical (unpaired) electrons. The molecule has 7 nitrogen and oxygen atoms in total. The predicted molar refractivity (Wildman–Crippen MR) is 201 cm³/mol. The van der Waals surface area contributed by atoms with Crippen molar-refractivity contribution in [2.45, 2.75) is 175 Å². The van der Waals surface area contributed by atoms with E-state index in [1.165, 1.54) is 88.8 Å². The highest BCUT2D eigenvalue weighted by Crippen LogP contribution is 2.18. The first-order valence-electron chi connectivity index (χ1n) is 19.4. The van der Waals surface area contributed by atoms with E-state index in [2.05, 4.69) is 31.7 Å². The Morgan fingerprint density at radius 2 is 1.17 bits per heavy atom. The predicted octanol–water partition coefficient (Wildman–Crippen LogP) is 10.7. The molecule has 0 aromatic carbocycles. The van der Waals surface area contributed by atoms with Crippen molar-refractivity contribution >= 4 is 28.9 Å². The summed E-state index contributed by atoms with van der Waals surface area (Å²) in [6.45, 7) is 9.04. The van der Waals surface area contributed by atoms with E-state index in [0.717, 1.165) is 63.7 Å². The summed E-state index contributed by atoms with van der Waals surface area (Å²) in [6, 6.07) is 0. The summed E-state index contributed by atoms with van der Waals surface area (Å²) in [7, 11) is 4.02. The molecule has 276 valence electrons. The third-order valence-corrected chi connectivity index (χ3v) is 9.32. The monoisotopic (exact) mass is 683 g/mol. The maximum Gasteiger partial charge on any atom is 0.306 e. The topological polar surface area (TPSA) is 76.1 Å². The van der Waals surface area contributed by atoms with E-state index in [1.54, 1.807) is 0 Å². The molecule has 0 rings (SSSR count). The van der Waals surface area contributed by atoms with Crippen LogP contribution in [0.4, 0.5) is 4.79 Å². The Kier molecular flexibility index (Phi) is 33.2. The maximum atomic E-state index is 13.1. The minimum absolute atomic E-state index is 0.0170. The van der Waals surface area contributed by atoms with Crippen molar-refractivity contribution in [3.63, 3.8) is 0 Å². The van der Waals surface area contributed by atoms with Gasteiger partial charge in [-0.15, -0.1) is 0 Å². The van der Waals surface area contributed by atoms with E-state index in [4.69, 9.17) is 9.47 Å². The number of nitrogens with zero attached hydrogens (tertiary/aromatic N) is 2. The lowest BCUT2D eigenvalue weighted by atomic mass is 10.0. The minimum Gasteiger partial charge on any atom is -0.462 e. The van der Waals surface area contributed by atoms with Crippen molar-refractivity contribution in [2.24, 2.45) is 0 Å². The number of hydrogen-bond donors (Lipinski definition) is 0. The van der Waals surface area contributed by atoms with Gasteiger partial charge in [-0.05, 0) is 71.9 Å². The van der Waals surface area contributed by atoms with Gasteiger partial charge in [0.25, 0.3) is 5.24 Å². The van der Waals surface area contributed by atoms with Crippen LogP contribution in [0.3, 0.4) is 0 Å². The lowest BCUT2D eigenvalue weighted by Crippen LogP contribution is -2.31. The molecule has 0 atom stereocenters.